The molecule has 0 aliphatic carbocycles. The largest absolute Gasteiger partial charge is 0.310 e. The van der Waals surface area contributed by atoms with Gasteiger partial charge in [0.25, 0.3) is 0 Å². The minimum atomic E-state index is -3.59. The van der Waals surface area contributed by atoms with Crippen molar-refractivity contribution in [2.24, 2.45) is 0 Å². The second-order valence-corrected chi connectivity index (χ2v) is 7.27. The molecule has 6 heteroatoms. The Bertz CT molecular complexity index is 621. The molecule has 0 aliphatic heterocycles. The van der Waals surface area contributed by atoms with E-state index in [1.807, 2.05) is 13.8 Å². The number of nitrogens with one attached hydrogen (secondary N) is 1. The third-order valence-electron chi connectivity index (χ3n) is 2.98. The Balaban J connectivity index is 3.13. The summed E-state index contributed by atoms with van der Waals surface area (Å²) in [5, 5.41) is 3.77. The van der Waals surface area contributed by atoms with Crippen LogP contribution in [0.4, 0.5) is 0 Å². The number of hydrogen-bond donors (Lipinski definition) is 1. The predicted octanol–water partition coefficient (Wildman–Crippen LogP) is 2.48. The lowest BCUT2D eigenvalue weighted by atomic mass is 10.2. The topological polar surface area (TPSA) is 49.4 Å². The second kappa shape index (κ2) is 7.81. The highest BCUT2D eigenvalue weighted by Gasteiger charge is 2.23. The lowest BCUT2D eigenvalue weighted by Gasteiger charge is -2.19. The van der Waals surface area contributed by atoms with Gasteiger partial charge in [0.05, 0.1) is 11.4 Å². The third-order valence-corrected chi connectivity index (χ3v) is 5.26. The highest BCUT2D eigenvalue weighted by atomic mass is 35.5. The highest BCUT2D eigenvalue weighted by Crippen LogP contribution is 2.23. The first-order valence-electron chi connectivity index (χ1n) is 6.78. The molecule has 0 spiro atoms. The quantitative estimate of drug-likeness (QED) is 0.782. The fourth-order valence-corrected chi connectivity index (χ4v) is 3.38. The first kappa shape index (κ1) is 18.0. The van der Waals surface area contributed by atoms with Crippen molar-refractivity contribution in [3.63, 3.8) is 0 Å². The van der Waals surface area contributed by atoms with Gasteiger partial charge < -0.3 is 5.32 Å². The second-order valence-electron chi connectivity index (χ2n) is 4.92. The summed E-state index contributed by atoms with van der Waals surface area (Å²) in [7, 11) is -3.59. The molecule has 0 bridgehead atoms. The van der Waals surface area contributed by atoms with E-state index in [-0.39, 0.29) is 17.5 Å². The van der Waals surface area contributed by atoms with E-state index in [1.165, 1.54) is 10.4 Å². The van der Waals surface area contributed by atoms with Crippen LogP contribution in [-0.2, 0) is 16.6 Å². The first-order valence-corrected chi connectivity index (χ1v) is 8.60. The van der Waals surface area contributed by atoms with E-state index in [1.54, 1.807) is 19.1 Å². The van der Waals surface area contributed by atoms with Gasteiger partial charge in [-0.3, -0.25) is 0 Å². The van der Waals surface area contributed by atoms with Crippen molar-refractivity contribution in [2.75, 3.05) is 13.1 Å². The zero-order valence-electron chi connectivity index (χ0n) is 12.6. The van der Waals surface area contributed by atoms with E-state index in [4.69, 9.17) is 18.0 Å². The highest BCUT2D eigenvalue weighted by molar-refractivity contribution is 7.89. The molecule has 21 heavy (non-hydrogen) atoms. The molecule has 4 nitrogen and oxygen atoms in total. The summed E-state index contributed by atoms with van der Waals surface area (Å²) in [4.78, 5) is 0.213. The van der Waals surface area contributed by atoms with Crippen LogP contribution in [0.25, 0.3) is 0 Å². The van der Waals surface area contributed by atoms with Crippen LogP contribution in [0.1, 0.15) is 26.3 Å². The van der Waals surface area contributed by atoms with E-state index in [9.17, 15) is 8.42 Å². The maximum absolute atomic E-state index is 12.5. The van der Waals surface area contributed by atoms with Crippen LogP contribution in [0.2, 0.25) is 5.02 Å². The monoisotopic (exact) mass is 328 g/mol. The van der Waals surface area contributed by atoms with Gasteiger partial charge in [0.2, 0.25) is 10.0 Å². The summed E-state index contributed by atoms with van der Waals surface area (Å²) >= 11 is 6.12. The number of benzene rings is 1. The zero-order valence-corrected chi connectivity index (χ0v) is 14.1. The van der Waals surface area contributed by atoms with Gasteiger partial charge in [-0.25, -0.2) is 8.42 Å². The summed E-state index contributed by atoms with van der Waals surface area (Å²) < 4.78 is 26.3. The van der Waals surface area contributed by atoms with Crippen LogP contribution in [-0.4, -0.2) is 31.9 Å². The molecule has 0 aliphatic rings. The van der Waals surface area contributed by atoms with Crippen LogP contribution in [0.3, 0.4) is 0 Å². The minimum Gasteiger partial charge on any atom is -0.310 e. The molecule has 0 fully saturated rings. The molecule has 116 valence electrons. The lowest BCUT2D eigenvalue weighted by molar-refractivity contribution is 0.464. The molecule has 1 aromatic carbocycles. The molecule has 0 radical (unpaired) electrons. The predicted molar refractivity (Wildman–Crippen MR) is 86.7 cm³/mol. The van der Waals surface area contributed by atoms with E-state index in [0.29, 0.717) is 18.1 Å². The molecule has 0 unspecified atom stereocenters. The minimum absolute atomic E-state index is 0.0566. The van der Waals surface area contributed by atoms with Gasteiger partial charge in [-0.2, -0.15) is 4.31 Å². The van der Waals surface area contributed by atoms with Gasteiger partial charge in [0.15, 0.2) is 0 Å². The standard InChI is InChI=1S/C15H21ClN2O2S/c1-5-9-18(6-2)21(19,20)14-7-8-15(16)13(10-14)11-17-12(3)4/h1,7-8,10,12,17H,6,9,11H2,2-4H3. The van der Waals surface area contributed by atoms with E-state index < -0.39 is 10.0 Å². The molecular formula is C15H21ClN2O2S. The van der Waals surface area contributed by atoms with Crippen LogP contribution < -0.4 is 5.32 Å². The molecule has 0 heterocycles. The number of hydrogen-bond acceptors (Lipinski definition) is 3. The molecule has 0 saturated carbocycles. The van der Waals surface area contributed by atoms with Crippen LogP contribution in [0.5, 0.6) is 0 Å². The molecule has 0 amide bonds. The number of nitrogens with zero attached hydrogens (tertiary/aromatic N) is 1. The van der Waals surface area contributed by atoms with Crippen molar-refractivity contribution in [3.8, 4) is 12.3 Å². The van der Waals surface area contributed by atoms with Crippen LogP contribution >= 0.6 is 11.6 Å². The van der Waals surface area contributed by atoms with Crippen LogP contribution in [0.15, 0.2) is 23.1 Å². The third kappa shape index (κ3) is 4.72. The summed E-state index contributed by atoms with van der Waals surface area (Å²) in [5.74, 6) is 2.37. The molecule has 0 saturated heterocycles. The van der Waals surface area contributed by atoms with Gasteiger partial charge >= 0.3 is 0 Å². The summed E-state index contributed by atoms with van der Waals surface area (Å²) in [6.45, 7) is 6.68. The fourth-order valence-electron chi connectivity index (χ4n) is 1.78. The molecular weight excluding hydrogens is 308 g/mol. The van der Waals surface area contributed by atoms with Crippen LogP contribution in [0, 0.1) is 12.3 Å². The van der Waals surface area contributed by atoms with Crippen molar-refractivity contribution < 1.29 is 8.42 Å². The molecule has 1 aromatic rings. The Morgan fingerprint density at radius 3 is 2.62 bits per heavy atom. The number of terminal acetylenes is 1. The SMILES string of the molecule is C#CCN(CC)S(=O)(=O)c1ccc(Cl)c(CNC(C)C)c1. The first-order chi connectivity index (χ1) is 9.82. The van der Waals surface area contributed by atoms with E-state index in [0.717, 1.165) is 5.56 Å². The molecule has 1 rings (SSSR count). The van der Waals surface area contributed by atoms with Gasteiger partial charge in [0, 0.05) is 24.2 Å². The Morgan fingerprint density at radius 2 is 2.10 bits per heavy atom. The van der Waals surface area contributed by atoms with E-state index >= 15 is 0 Å². The van der Waals surface area contributed by atoms with E-state index in [2.05, 4.69) is 11.2 Å². The van der Waals surface area contributed by atoms with Crippen molar-refractivity contribution in [2.45, 2.75) is 38.3 Å². The fraction of sp³-hybridized carbons (Fsp3) is 0.467. The molecule has 0 atom stereocenters. The Morgan fingerprint density at radius 1 is 1.43 bits per heavy atom. The Kier molecular flexibility index (Phi) is 6.69. The summed E-state index contributed by atoms with van der Waals surface area (Å²) in [6, 6.07) is 5.01. The molecule has 1 N–H and O–H groups in total. The van der Waals surface area contributed by atoms with Gasteiger partial charge in [-0.05, 0) is 23.8 Å². The average Bonchev–Trinajstić information content (AvgIpc) is 2.43. The van der Waals surface area contributed by atoms with Gasteiger partial charge in [-0.15, -0.1) is 6.42 Å². The smallest absolute Gasteiger partial charge is 0.243 e. The summed E-state index contributed by atoms with van der Waals surface area (Å²) in [5.41, 5.74) is 0.753. The van der Waals surface area contributed by atoms with Crippen molar-refractivity contribution >= 4 is 21.6 Å². The number of halogens is 1. The summed E-state index contributed by atoms with van der Waals surface area (Å²) in [6.07, 6.45) is 5.23. The normalized spacial score (nSPS) is 11.9. The van der Waals surface area contributed by atoms with Crippen molar-refractivity contribution in [3.05, 3.63) is 28.8 Å². The number of sulfonamides is 1. The van der Waals surface area contributed by atoms with Crippen molar-refractivity contribution in [1.82, 2.24) is 9.62 Å². The maximum Gasteiger partial charge on any atom is 0.243 e. The average molecular weight is 329 g/mol. The van der Waals surface area contributed by atoms with Gasteiger partial charge in [0.1, 0.15) is 0 Å². The Labute approximate surface area is 132 Å². The lowest BCUT2D eigenvalue weighted by Crippen LogP contribution is -2.31. The van der Waals surface area contributed by atoms with Crippen molar-refractivity contribution in [1.29, 1.82) is 0 Å². The zero-order chi connectivity index (χ0) is 16.0. The number of rotatable bonds is 7. The van der Waals surface area contributed by atoms with Gasteiger partial charge in [-0.1, -0.05) is 38.3 Å². The maximum atomic E-state index is 12.5. The Hall–Kier alpha value is -1.06. The molecule has 0 aromatic heterocycles.